The second-order valence-corrected chi connectivity index (χ2v) is 2.52. The lowest BCUT2D eigenvalue weighted by atomic mass is 10.3. The first-order valence-electron chi connectivity index (χ1n) is 2.99. The van der Waals surface area contributed by atoms with Crippen LogP contribution in [0.25, 0.3) is 0 Å². The smallest absolute Gasteiger partial charge is 0.123 e. The van der Waals surface area contributed by atoms with E-state index in [1.807, 2.05) is 0 Å². The highest BCUT2D eigenvalue weighted by Crippen LogP contribution is 2.11. The van der Waals surface area contributed by atoms with E-state index in [2.05, 4.69) is 4.72 Å². The molecular weight excluding hydrogens is 243 g/mol. The molecule has 0 fully saturated rings. The van der Waals surface area contributed by atoms with Crippen LogP contribution < -0.4 is 4.72 Å². The van der Waals surface area contributed by atoms with Crippen LogP contribution in [-0.2, 0) is 0 Å². The van der Waals surface area contributed by atoms with Gasteiger partial charge in [0.15, 0.2) is 0 Å². The van der Waals surface area contributed by atoms with E-state index in [4.69, 9.17) is 5.41 Å². The number of benzene rings is 1. The molecule has 2 N–H and O–H groups in total. The minimum Gasteiger partial charge on any atom is -0.325 e. The molecule has 0 bridgehead atoms. The molecule has 1 aromatic rings. The van der Waals surface area contributed by atoms with Crippen LogP contribution in [0.15, 0.2) is 24.3 Å². The van der Waals surface area contributed by atoms with E-state index >= 15 is 0 Å². The topological polar surface area (TPSA) is 35.9 Å². The SMILES string of the molecule is Br.N=CSNc1ccc(F)cc1. The van der Waals surface area contributed by atoms with Crippen molar-refractivity contribution in [1.29, 1.82) is 5.41 Å². The normalized spacial score (nSPS) is 8.42. The van der Waals surface area contributed by atoms with Gasteiger partial charge in [-0.1, -0.05) is 0 Å². The summed E-state index contributed by atoms with van der Waals surface area (Å²) in [7, 11) is 0. The first-order valence-corrected chi connectivity index (χ1v) is 3.87. The fourth-order valence-electron chi connectivity index (χ4n) is 0.615. The fourth-order valence-corrected chi connectivity index (χ4v) is 0.947. The van der Waals surface area contributed by atoms with E-state index in [0.29, 0.717) is 0 Å². The van der Waals surface area contributed by atoms with Gasteiger partial charge in [0.05, 0.1) is 5.55 Å². The molecule has 66 valence electrons. The molecule has 0 radical (unpaired) electrons. The van der Waals surface area contributed by atoms with Gasteiger partial charge in [-0.15, -0.1) is 17.0 Å². The Morgan fingerprint density at radius 1 is 1.33 bits per heavy atom. The van der Waals surface area contributed by atoms with Crippen LogP contribution in [0.5, 0.6) is 0 Å². The summed E-state index contributed by atoms with van der Waals surface area (Å²) in [5, 5.41) is 6.70. The first-order chi connectivity index (χ1) is 5.33. The van der Waals surface area contributed by atoms with Crippen molar-refractivity contribution in [2.75, 3.05) is 4.72 Å². The lowest BCUT2D eigenvalue weighted by molar-refractivity contribution is 0.628. The molecule has 0 spiro atoms. The molecule has 0 aromatic heterocycles. The van der Waals surface area contributed by atoms with E-state index in [1.54, 1.807) is 12.1 Å². The zero-order valence-electron chi connectivity index (χ0n) is 6.08. The Kier molecular flexibility index (Phi) is 5.74. The molecule has 0 aliphatic heterocycles. The van der Waals surface area contributed by atoms with E-state index in [0.717, 1.165) is 17.6 Å². The Hall–Kier alpha value is -0.550. The molecule has 0 unspecified atom stereocenters. The maximum absolute atomic E-state index is 12.3. The van der Waals surface area contributed by atoms with Crippen molar-refractivity contribution < 1.29 is 4.39 Å². The van der Waals surface area contributed by atoms with E-state index < -0.39 is 0 Å². The Bertz CT molecular complexity index is 240. The van der Waals surface area contributed by atoms with Gasteiger partial charge >= 0.3 is 0 Å². The van der Waals surface area contributed by atoms with Gasteiger partial charge in [-0.05, 0) is 36.2 Å². The lowest BCUT2D eigenvalue weighted by Crippen LogP contribution is -1.84. The van der Waals surface area contributed by atoms with Crippen molar-refractivity contribution >= 4 is 40.2 Å². The second-order valence-electron chi connectivity index (χ2n) is 1.84. The molecule has 1 aromatic carbocycles. The van der Waals surface area contributed by atoms with Gasteiger partial charge in [0.1, 0.15) is 5.82 Å². The van der Waals surface area contributed by atoms with Crippen molar-refractivity contribution in [3.05, 3.63) is 30.1 Å². The third-order valence-corrected chi connectivity index (χ3v) is 1.55. The summed E-state index contributed by atoms with van der Waals surface area (Å²) in [6, 6.07) is 5.97. The molecule has 2 nitrogen and oxygen atoms in total. The number of nitrogens with one attached hydrogen (secondary N) is 2. The maximum Gasteiger partial charge on any atom is 0.123 e. The van der Waals surface area contributed by atoms with Gasteiger partial charge < -0.3 is 10.1 Å². The average molecular weight is 251 g/mol. The molecule has 0 aliphatic carbocycles. The highest BCUT2D eigenvalue weighted by Gasteiger charge is 1.90. The molecule has 5 heteroatoms. The Morgan fingerprint density at radius 3 is 2.42 bits per heavy atom. The third kappa shape index (κ3) is 3.73. The van der Waals surface area contributed by atoms with Crippen LogP contribution in [0, 0.1) is 11.2 Å². The molecule has 0 atom stereocenters. The summed E-state index contributed by atoms with van der Waals surface area (Å²) < 4.78 is 15.2. The quantitative estimate of drug-likeness (QED) is 0.492. The molecule has 0 amide bonds. The number of rotatable bonds is 3. The largest absolute Gasteiger partial charge is 0.325 e. The Balaban J connectivity index is 0.00000121. The molecule has 0 heterocycles. The highest BCUT2D eigenvalue weighted by atomic mass is 79.9. The molecule has 0 saturated carbocycles. The van der Waals surface area contributed by atoms with Gasteiger partial charge in [-0.3, -0.25) is 0 Å². The zero-order chi connectivity index (χ0) is 8.10. The molecule has 1 rings (SSSR count). The summed E-state index contributed by atoms with van der Waals surface area (Å²) in [5.74, 6) is -0.254. The molecule has 0 aliphatic rings. The molecule has 12 heavy (non-hydrogen) atoms. The van der Waals surface area contributed by atoms with Gasteiger partial charge in [0.2, 0.25) is 0 Å². The maximum atomic E-state index is 12.3. The van der Waals surface area contributed by atoms with Crippen molar-refractivity contribution in [1.82, 2.24) is 0 Å². The van der Waals surface area contributed by atoms with Gasteiger partial charge in [0.25, 0.3) is 0 Å². The predicted octanol–water partition coefficient (Wildman–Crippen LogP) is 3.07. The van der Waals surface area contributed by atoms with Crippen LogP contribution in [0.4, 0.5) is 10.1 Å². The minimum absolute atomic E-state index is 0. The van der Waals surface area contributed by atoms with Gasteiger partial charge in [-0.25, -0.2) is 4.39 Å². The van der Waals surface area contributed by atoms with E-state index in [1.165, 1.54) is 17.7 Å². The summed E-state index contributed by atoms with van der Waals surface area (Å²) >= 11 is 1.14. The van der Waals surface area contributed by atoms with Crippen LogP contribution in [0.3, 0.4) is 0 Å². The summed E-state index contributed by atoms with van der Waals surface area (Å²) in [6.45, 7) is 0. The lowest BCUT2D eigenvalue weighted by Gasteiger charge is -1.99. The highest BCUT2D eigenvalue weighted by molar-refractivity contribution is 8.93. The summed E-state index contributed by atoms with van der Waals surface area (Å²) in [4.78, 5) is 0. The van der Waals surface area contributed by atoms with E-state index in [-0.39, 0.29) is 22.8 Å². The van der Waals surface area contributed by atoms with Crippen molar-refractivity contribution in [3.8, 4) is 0 Å². The standard InChI is InChI=1S/C7H7FN2S.BrH/c8-6-1-3-7(4-2-6)10-11-5-9;/h1-5,9-10H;1H. The number of hydrogen-bond acceptors (Lipinski definition) is 3. The van der Waals surface area contributed by atoms with E-state index in [9.17, 15) is 4.39 Å². The van der Waals surface area contributed by atoms with Crippen LogP contribution in [0.2, 0.25) is 0 Å². The third-order valence-electron chi connectivity index (χ3n) is 1.08. The molecular formula is C7H8BrFN2S. The predicted molar refractivity (Wildman–Crippen MR) is 56.7 cm³/mol. The van der Waals surface area contributed by atoms with Crippen molar-refractivity contribution in [2.24, 2.45) is 0 Å². The van der Waals surface area contributed by atoms with Gasteiger partial charge in [0, 0.05) is 5.69 Å². The second kappa shape index (κ2) is 6.02. The summed E-state index contributed by atoms with van der Waals surface area (Å²) in [6.07, 6.45) is 0. The zero-order valence-corrected chi connectivity index (χ0v) is 8.61. The molecule has 0 saturated heterocycles. The summed E-state index contributed by atoms with van der Waals surface area (Å²) in [5.41, 5.74) is 1.96. The number of anilines is 1. The van der Waals surface area contributed by atoms with Crippen LogP contribution >= 0.6 is 28.9 Å². The first kappa shape index (κ1) is 11.4. The Labute approximate surface area is 85.0 Å². The van der Waals surface area contributed by atoms with Gasteiger partial charge in [-0.2, -0.15) is 0 Å². The number of hydrogen-bond donors (Lipinski definition) is 2. The average Bonchev–Trinajstić information content (AvgIpc) is 2.04. The van der Waals surface area contributed by atoms with Crippen molar-refractivity contribution in [3.63, 3.8) is 0 Å². The Morgan fingerprint density at radius 2 is 1.92 bits per heavy atom. The van der Waals surface area contributed by atoms with Crippen LogP contribution in [-0.4, -0.2) is 5.55 Å². The van der Waals surface area contributed by atoms with Crippen LogP contribution in [0.1, 0.15) is 0 Å². The minimum atomic E-state index is -0.254. The van der Waals surface area contributed by atoms with Crippen molar-refractivity contribution in [2.45, 2.75) is 0 Å². The monoisotopic (exact) mass is 250 g/mol. The fraction of sp³-hybridized carbons (Fsp3) is 0. The number of halogens is 2.